The van der Waals surface area contributed by atoms with Gasteiger partial charge in [-0.2, -0.15) is 0 Å². The summed E-state index contributed by atoms with van der Waals surface area (Å²) in [6.45, 7) is 2.79. The van der Waals surface area contributed by atoms with Crippen molar-refractivity contribution in [1.82, 2.24) is 4.90 Å². The third-order valence-corrected chi connectivity index (χ3v) is 7.54. The number of nitrogens with zero attached hydrogens (tertiary/aromatic N) is 1. The molecule has 4 bridgehead atoms. The lowest BCUT2D eigenvalue weighted by Gasteiger charge is -2.65. The summed E-state index contributed by atoms with van der Waals surface area (Å²) >= 11 is 0. The lowest BCUT2D eigenvalue weighted by Crippen LogP contribution is -2.75. The first kappa shape index (κ1) is 16.3. The maximum Gasteiger partial charge on any atom is 0.316 e. The van der Waals surface area contributed by atoms with Crippen molar-refractivity contribution in [3.05, 3.63) is 41.5 Å². The first-order chi connectivity index (χ1) is 12.7. The van der Waals surface area contributed by atoms with Crippen LogP contribution in [0.1, 0.15) is 31.2 Å². The minimum absolute atomic E-state index is 0.0293. The molecule has 0 spiro atoms. The molecule has 4 saturated heterocycles. The molecule has 0 amide bonds. The highest BCUT2D eigenvalue weighted by Gasteiger charge is 2.67. The van der Waals surface area contributed by atoms with Crippen LogP contribution < -0.4 is 5.32 Å². The molecule has 5 heterocycles. The van der Waals surface area contributed by atoms with Crippen molar-refractivity contribution in [3.8, 4) is 0 Å². The van der Waals surface area contributed by atoms with E-state index in [1.54, 1.807) is 0 Å². The van der Waals surface area contributed by atoms with Crippen LogP contribution in [0.5, 0.6) is 0 Å². The predicted molar refractivity (Wildman–Crippen MR) is 98.9 cm³/mol. The van der Waals surface area contributed by atoms with E-state index in [1.165, 1.54) is 23.9 Å². The van der Waals surface area contributed by atoms with Crippen LogP contribution in [0.3, 0.4) is 0 Å². The van der Waals surface area contributed by atoms with Crippen molar-refractivity contribution in [2.45, 2.75) is 43.8 Å². The molecule has 4 fully saturated rings. The second kappa shape index (κ2) is 5.57. The molecule has 0 saturated carbocycles. The maximum atomic E-state index is 13.0. The van der Waals surface area contributed by atoms with Gasteiger partial charge in [-0.3, -0.25) is 9.69 Å². The van der Waals surface area contributed by atoms with Crippen molar-refractivity contribution >= 4 is 11.7 Å². The second-order valence-electron chi connectivity index (χ2n) is 8.20. The number of fused-ring (bicyclic) bond motifs is 4. The molecular weight excluding hydrogens is 328 g/mol. The summed E-state index contributed by atoms with van der Waals surface area (Å²) in [6.07, 6.45) is 3.91. The van der Waals surface area contributed by atoms with E-state index in [1.807, 2.05) is 6.92 Å². The number of para-hydroxylation sites is 1. The van der Waals surface area contributed by atoms with Gasteiger partial charge in [0.25, 0.3) is 0 Å². The molecule has 5 nitrogen and oxygen atoms in total. The molecule has 7 unspecified atom stereocenters. The van der Waals surface area contributed by atoms with Gasteiger partial charge >= 0.3 is 5.97 Å². The molecule has 1 aromatic rings. The Balaban J connectivity index is 1.63. The zero-order chi connectivity index (χ0) is 18.1. The normalized spacial score (nSPS) is 43.6. The number of hydrogen-bond acceptors (Lipinski definition) is 5. The van der Waals surface area contributed by atoms with Crippen LogP contribution in [-0.2, 0) is 9.53 Å². The predicted octanol–water partition coefficient (Wildman–Crippen LogP) is 2.14. The summed E-state index contributed by atoms with van der Waals surface area (Å²) in [6, 6.07) is 9.34. The van der Waals surface area contributed by atoms with Gasteiger partial charge in [0.1, 0.15) is 5.41 Å². The van der Waals surface area contributed by atoms with Gasteiger partial charge in [0.2, 0.25) is 0 Å². The van der Waals surface area contributed by atoms with Crippen LogP contribution in [0.15, 0.2) is 35.9 Å². The van der Waals surface area contributed by atoms with Gasteiger partial charge in [-0.15, -0.1) is 0 Å². The fourth-order valence-electron chi connectivity index (χ4n) is 6.42. The molecule has 5 heteroatoms. The van der Waals surface area contributed by atoms with Gasteiger partial charge in [-0.1, -0.05) is 29.8 Å². The molecular formula is C21H26N2O3. The monoisotopic (exact) mass is 354 g/mol. The molecule has 0 radical (unpaired) electrons. The molecule has 6 rings (SSSR count). The van der Waals surface area contributed by atoms with Crippen molar-refractivity contribution in [1.29, 1.82) is 0 Å². The van der Waals surface area contributed by atoms with E-state index in [0.717, 1.165) is 19.4 Å². The number of nitrogens with one attached hydrogen (secondary N) is 1. The number of carbonyl (C=O) groups excluding carboxylic acids is 1. The number of anilines is 1. The van der Waals surface area contributed by atoms with E-state index in [0.29, 0.717) is 18.0 Å². The zero-order valence-electron chi connectivity index (χ0n) is 15.3. The molecule has 5 aliphatic rings. The Hall–Kier alpha value is -1.85. The van der Waals surface area contributed by atoms with Gasteiger partial charge in [0.05, 0.1) is 13.7 Å². The van der Waals surface area contributed by atoms with E-state index in [4.69, 9.17) is 4.74 Å². The molecule has 26 heavy (non-hydrogen) atoms. The lowest BCUT2D eigenvalue weighted by molar-refractivity contribution is -0.188. The molecule has 7 atom stereocenters. The molecule has 0 aliphatic carbocycles. The van der Waals surface area contributed by atoms with E-state index >= 15 is 0 Å². The number of carbonyl (C=O) groups is 1. The average Bonchev–Trinajstić information content (AvgIpc) is 3.06. The van der Waals surface area contributed by atoms with Crippen molar-refractivity contribution in [3.63, 3.8) is 0 Å². The second-order valence-corrected chi connectivity index (χ2v) is 8.20. The van der Waals surface area contributed by atoms with Gasteiger partial charge in [0, 0.05) is 42.2 Å². The van der Waals surface area contributed by atoms with Crippen LogP contribution in [0.25, 0.3) is 0 Å². The number of piperidine rings is 4. The Bertz CT molecular complexity index is 791. The maximum absolute atomic E-state index is 13.0. The third-order valence-electron chi connectivity index (χ3n) is 7.54. The summed E-state index contributed by atoms with van der Waals surface area (Å²) in [5, 5.41) is 14.2. The molecule has 138 valence electrons. The molecule has 2 N–H and O–H groups in total. The van der Waals surface area contributed by atoms with Gasteiger partial charge in [-0.05, 0) is 31.4 Å². The quantitative estimate of drug-likeness (QED) is 0.629. The summed E-state index contributed by atoms with van der Waals surface area (Å²) in [7, 11) is 1.45. The minimum atomic E-state index is -0.839. The Morgan fingerprint density at radius 3 is 2.96 bits per heavy atom. The number of methoxy groups -OCH3 is 1. The fraction of sp³-hybridized carbons (Fsp3) is 0.571. The highest BCUT2D eigenvalue weighted by molar-refractivity contribution is 5.80. The number of allylic oxidation sites excluding steroid dienone is 1. The average molecular weight is 354 g/mol. The summed E-state index contributed by atoms with van der Waals surface area (Å²) in [5.74, 6) is 0.202. The zero-order valence-corrected chi connectivity index (χ0v) is 15.3. The SMILES string of the molecule is CC=C1CN2C3CC1C(CO)(C(=O)OC)C2CC1c2ccccc2NC13. The third kappa shape index (κ3) is 1.80. The van der Waals surface area contributed by atoms with Crippen LogP contribution in [0, 0.1) is 11.3 Å². The standard InChI is InChI=1S/C21H26N2O3/c1-3-12-10-23-17-9-15(12)21(11-24,20(25)26-2)18(23)8-14-13-6-4-5-7-16(13)22-19(14)17/h3-7,14-15,17-19,22,24H,8-11H2,1-2H3. The summed E-state index contributed by atoms with van der Waals surface area (Å²) < 4.78 is 5.23. The van der Waals surface area contributed by atoms with E-state index in [2.05, 4.69) is 40.6 Å². The van der Waals surface area contributed by atoms with Crippen LogP contribution in [0.2, 0.25) is 0 Å². The largest absolute Gasteiger partial charge is 0.468 e. The Morgan fingerprint density at radius 2 is 2.23 bits per heavy atom. The fourth-order valence-corrected chi connectivity index (χ4v) is 6.42. The minimum Gasteiger partial charge on any atom is -0.468 e. The van der Waals surface area contributed by atoms with Gasteiger partial charge < -0.3 is 15.2 Å². The topological polar surface area (TPSA) is 61.8 Å². The smallest absolute Gasteiger partial charge is 0.316 e. The van der Waals surface area contributed by atoms with Crippen molar-refractivity contribution in [2.24, 2.45) is 11.3 Å². The number of benzene rings is 1. The van der Waals surface area contributed by atoms with Gasteiger partial charge in [-0.25, -0.2) is 0 Å². The highest BCUT2D eigenvalue weighted by atomic mass is 16.5. The highest BCUT2D eigenvalue weighted by Crippen LogP contribution is 2.60. The lowest BCUT2D eigenvalue weighted by atomic mass is 9.53. The van der Waals surface area contributed by atoms with Crippen LogP contribution >= 0.6 is 0 Å². The number of aliphatic hydroxyl groups is 1. The Morgan fingerprint density at radius 1 is 1.42 bits per heavy atom. The van der Waals surface area contributed by atoms with E-state index < -0.39 is 5.41 Å². The number of ether oxygens (including phenoxy) is 1. The van der Waals surface area contributed by atoms with Crippen LogP contribution in [-0.4, -0.2) is 54.4 Å². The molecule has 5 aliphatic heterocycles. The Labute approximate surface area is 154 Å². The summed E-state index contributed by atoms with van der Waals surface area (Å²) in [5.41, 5.74) is 3.01. The van der Waals surface area contributed by atoms with E-state index in [9.17, 15) is 9.90 Å². The van der Waals surface area contributed by atoms with Crippen molar-refractivity contribution < 1.29 is 14.6 Å². The number of aliphatic hydroxyl groups excluding tert-OH is 1. The molecule has 1 aromatic carbocycles. The summed E-state index contributed by atoms with van der Waals surface area (Å²) in [4.78, 5) is 15.4. The Kier molecular flexibility index (Phi) is 3.50. The van der Waals surface area contributed by atoms with E-state index in [-0.39, 0.29) is 24.5 Å². The first-order valence-corrected chi connectivity index (χ1v) is 9.61. The molecule has 0 aromatic heterocycles. The van der Waals surface area contributed by atoms with Crippen LogP contribution in [0.4, 0.5) is 5.69 Å². The number of hydrogen-bond donors (Lipinski definition) is 2. The number of esters is 1. The van der Waals surface area contributed by atoms with Crippen molar-refractivity contribution in [2.75, 3.05) is 25.6 Å². The van der Waals surface area contributed by atoms with Gasteiger partial charge in [0.15, 0.2) is 0 Å². The first-order valence-electron chi connectivity index (χ1n) is 9.61. The number of rotatable bonds is 2.